The third-order valence-electron chi connectivity index (χ3n) is 2.92. The van der Waals surface area contributed by atoms with Crippen molar-refractivity contribution in [1.29, 1.82) is 0 Å². The first-order valence-corrected chi connectivity index (χ1v) is 7.30. The Morgan fingerprint density at radius 3 is 2.70 bits per heavy atom. The predicted octanol–water partition coefficient (Wildman–Crippen LogP) is 3.92. The van der Waals surface area contributed by atoms with Gasteiger partial charge in [-0.3, -0.25) is 4.79 Å². The second-order valence-corrected chi connectivity index (χ2v) is 5.70. The zero-order chi connectivity index (χ0) is 13.9. The maximum Gasteiger partial charge on any atom is 0.281 e. The summed E-state index contributed by atoms with van der Waals surface area (Å²) in [4.78, 5) is 16.0. The van der Waals surface area contributed by atoms with Gasteiger partial charge in [-0.2, -0.15) is 4.98 Å². The maximum absolute atomic E-state index is 11.9. The fraction of sp³-hybridized carbons (Fsp3) is 0.0667. The molecule has 0 saturated heterocycles. The van der Waals surface area contributed by atoms with E-state index in [0.717, 1.165) is 10.3 Å². The van der Waals surface area contributed by atoms with Crippen LogP contribution in [0.5, 0.6) is 0 Å². The predicted molar refractivity (Wildman–Crippen MR) is 84.7 cm³/mol. The zero-order valence-electron chi connectivity index (χ0n) is 10.5. The van der Waals surface area contributed by atoms with E-state index in [2.05, 4.69) is 10.3 Å². The summed E-state index contributed by atoms with van der Waals surface area (Å²) in [5.74, 6) is 0. The van der Waals surface area contributed by atoms with Crippen molar-refractivity contribution in [3.63, 3.8) is 0 Å². The van der Waals surface area contributed by atoms with E-state index in [4.69, 9.17) is 11.6 Å². The van der Waals surface area contributed by atoms with Crippen molar-refractivity contribution in [2.45, 2.75) is 6.54 Å². The van der Waals surface area contributed by atoms with Gasteiger partial charge in [-0.25, -0.2) is 0 Å². The van der Waals surface area contributed by atoms with Crippen molar-refractivity contribution in [2.24, 2.45) is 0 Å². The molecule has 1 aromatic heterocycles. The van der Waals surface area contributed by atoms with Gasteiger partial charge < -0.3 is 5.32 Å². The van der Waals surface area contributed by atoms with Crippen LogP contribution in [0.25, 0.3) is 10.1 Å². The topological polar surface area (TPSA) is 42.0 Å². The molecule has 0 bridgehead atoms. The minimum atomic E-state index is -0.207. The van der Waals surface area contributed by atoms with Crippen molar-refractivity contribution in [3.05, 3.63) is 69.5 Å². The summed E-state index contributed by atoms with van der Waals surface area (Å²) < 4.78 is 0.925. The molecule has 0 unspecified atom stereocenters. The molecule has 3 rings (SSSR count). The summed E-state index contributed by atoms with van der Waals surface area (Å²) >= 11 is 7.56. The van der Waals surface area contributed by atoms with E-state index in [-0.39, 0.29) is 5.56 Å². The van der Waals surface area contributed by atoms with E-state index in [1.165, 1.54) is 11.3 Å². The fourth-order valence-corrected chi connectivity index (χ4v) is 3.00. The Balaban J connectivity index is 1.88. The molecule has 5 heteroatoms. The zero-order valence-corrected chi connectivity index (χ0v) is 12.0. The Hall–Kier alpha value is -1.91. The van der Waals surface area contributed by atoms with Crippen molar-refractivity contribution in [2.75, 3.05) is 5.32 Å². The highest BCUT2D eigenvalue weighted by Gasteiger charge is 2.04. The van der Waals surface area contributed by atoms with Gasteiger partial charge in [-0.1, -0.05) is 53.3 Å². The number of nitrogens with zero attached hydrogens (tertiary/aromatic N) is 1. The molecule has 0 atom stereocenters. The Labute approximate surface area is 124 Å². The largest absolute Gasteiger partial charge is 0.357 e. The number of hydrogen-bond acceptors (Lipinski definition) is 4. The van der Waals surface area contributed by atoms with Gasteiger partial charge in [-0.15, -0.1) is 0 Å². The molecule has 1 N–H and O–H groups in total. The number of rotatable bonds is 3. The van der Waals surface area contributed by atoms with E-state index in [9.17, 15) is 4.79 Å². The molecule has 2 aromatic carbocycles. The molecule has 0 spiro atoms. The minimum Gasteiger partial charge on any atom is -0.357 e. The number of nitrogens with one attached hydrogen (secondary N) is 1. The van der Waals surface area contributed by atoms with Crippen LogP contribution in [0.3, 0.4) is 0 Å². The molecule has 0 aliphatic carbocycles. The van der Waals surface area contributed by atoms with Crippen LogP contribution in [0, 0.1) is 0 Å². The van der Waals surface area contributed by atoms with Gasteiger partial charge in [0.1, 0.15) is 0 Å². The third kappa shape index (κ3) is 2.66. The molecule has 1 heterocycles. The van der Waals surface area contributed by atoms with Crippen LogP contribution in [0.1, 0.15) is 5.56 Å². The Morgan fingerprint density at radius 2 is 1.85 bits per heavy atom. The van der Waals surface area contributed by atoms with Gasteiger partial charge in [0.25, 0.3) is 5.56 Å². The molecule has 0 saturated carbocycles. The van der Waals surface area contributed by atoms with Gasteiger partial charge in [0, 0.05) is 16.3 Å². The molecule has 3 aromatic rings. The average molecular weight is 303 g/mol. The van der Waals surface area contributed by atoms with Gasteiger partial charge in [-0.05, 0) is 23.8 Å². The van der Waals surface area contributed by atoms with Gasteiger partial charge >= 0.3 is 0 Å². The SMILES string of the molecule is O=c1nc(NCc2ccccc2Cl)sc2ccccc12. The molecule has 0 amide bonds. The highest BCUT2D eigenvalue weighted by molar-refractivity contribution is 7.21. The molecule has 100 valence electrons. The molecule has 3 nitrogen and oxygen atoms in total. The van der Waals surface area contributed by atoms with Gasteiger partial charge in [0.2, 0.25) is 0 Å². The smallest absolute Gasteiger partial charge is 0.281 e. The van der Waals surface area contributed by atoms with E-state index < -0.39 is 0 Å². The van der Waals surface area contributed by atoms with Crippen LogP contribution < -0.4 is 10.9 Å². The average Bonchev–Trinajstić information content (AvgIpc) is 2.46. The maximum atomic E-state index is 11.9. The normalized spacial score (nSPS) is 10.7. The van der Waals surface area contributed by atoms with Crippen LogP contribution in [-0.2, 0) is 6.54 Å². The quantitative estimate of drug-likeness (QED) is 0.797. The Kier molecular flexibility index (Phi) is 3.67. The van der Waals surface area contributed by atoms with Crippen molar-refractivity contribution in [1.82, 2.24) is 4.98 Å². The third-order valence-corrected chi connectivity index (χ3v) is 4.29. The van der Waals surface area contributed by atoms with Gasteiger partial charge in [0.15, 0.2) is 5.13 Å². The highest BCUT2D eigenvalue weighted by atomic mass is 35.5. The Bertz CT molecular complexity index is 816. The number of halogens is 1. The summed E-state index contributed by atoms with van der Waals surface area (Å²) in [5.41, 5.74) is 0.768. The molecular weight excluding hydrogens is 292 g/mol. The van der Waals surface area contributed by atoms with Crippen LogP contribution in [0.4, 0.5) is 5.13 Å². The molecule has 20 heavy (non-hydrogen) atoms. The van der Waals surface area contributed by atoms with Crippen molar-refractivity contribution >= 4 is 38.2 Å². The van der Waals surface area contributed by atoms with Crippen LogP contribution in [0.2, 0.25) is 5.02 Å². The number of hydrogen-bond donors (Lipinski definition) is 1. The number of fused-ring (bicyclic) bond motifs is 1. The molecule has 0 radical (unpaired) electrons. The second kappa shape index (κ2) is 5.61. The molecular formula is C15H11ClN2OS. The first-order valence-electron chi connectivity index (χ1n) is 6.11. The van der Waals surface area contributed by atoms with E-state index >= 15 is 0 Å². The standard InChI is InChI=1S/C15H11ClN2OS/c16-12-7-3-1-5-10(12)9-17-15-18-14(19)11-6-2-4-8-13(11)20-15/h1-8H,9H2,(H,17,18,19). The van der Waals surface area contributed by atoms with Gasteiger partial charge in [0.05, 0.1) is 5.39 Å². The summed E-state index contributed by atoms with van der Waals surface area (Å²) in [6.07, 6.45) is 0. The molecule has 0 aliphatic heterocycles. The minimum absolute atomic E-state index is 0.207. The highest BCUT2D eigenvalue weighted by Crippen LogP contribution is 2.22. The lowest BCUT2D eigenvalue weighted by atomic mass is 10.2. The lowest BCUT2D eigenvalue weighted by molar-refractivity contribution is 1.12. The first kappa shape index (κ1) is 13.1. The monoisotopic (exact) mass is 302 g/mol. The summed E-state index contributed by atoms with van der Waals surface area (Å²) in [5, 5.41) is 5.12. The summed E-state index contributed by atoms with van der Waals surface area (Å²) in [7, 11) is 0. The first-order chi connectivity index (χ1) is 9.74. The summed E-state index contributed by atoms with van der Waals surface area (Å²) in [6, 6.07) is 15.1. The van der Waals surface area contributed by atoms with Crippen molar-refractivity contribution < 1.29 is 0 Å². The van der Waals surface area contributed by atoms with E-state index in [0.29, 0.717) is 22.1 Å². The summed E-state index contributed by atoms with van der Waals surface area (Å²) in [6.45, 7) is 0.543. The van der Waals surface area contributed by atoms with E-state index in [1.54, 1.807) is 6.07 Å². The Morgan fingerprint density at radius 1 is 1.10 bits per heavy atom. The van der Waals surface area contributed by atoms with E-state index in [1.807, 2.05) is 42.5 Å². The number of aromatic nitrogens is 1. The fourth-order valence-electron chi connectivity index (χ4n) is 1.90. The number of benzene rings is 2. The molecule has 0 aliphatic rings. The lowest BCUT2D eigenvalue weighted by Gasteiger charge is -2.06. The van der Waals surface area contributed by atoms with Crippen LogP contribution in [-0.4, -0.2) is 4.98 Å². The van der Waals surface area contributed by atoms with Crippen molar-refractivity contribution in [3.8, 4) is 0 Å². The second-order valence-electron chi connectivity index (χ2n) is 4.27. The van der Waals surface area contributed by atoms with Crippen LogP contribution in [0.15, 0.2) is 53.3 Å². The van der Waals surface area contributed by atoms with Crippen LogP contribution >= 0.6 is 22.9 Å². The number of anilines is 1. The molecule has 0 fully saturated rings. The lowest BCUT2D eigenvalue weighted by Crippen LogP contribution is -2.09.